The van der Waals surface area contributed by atoms with Crippen LogP contribution in [0.2, 0.25) is 0 Å². The van der Waals surface area contributed by atoms with Gasteiger partial charge in [0.05, 0.1) is 13.2 Å². The lowest BCUT2D eigenvalue weighted by Crippen LogP contribution is -2.41. The van der Waals surface area contributed by atoms with Crippen molar-refractivity contribution in [3.8, 4) is 11.8 Å². The van der Waals surface area contributed by atoms with E-state index in [0.29, 0.717) is 26.1 Å². The summed E-state index contributed by atoms with van der Waals surface area (Å²) in [5.41, 5.74) is -1.15. The molecule has 33 heavy (non-hydrogen) atoms. The molecule has 192 valence electrons. The van der Waals surface area contributed by atoms with Gasteiger partial charge in [-0.1, -0.05) is 98.3 Å². The minimum absolute atomic E-state index is 0.383. The quantitative estimate of drug-likeness (QED) is 0.0744. The molecule has 0 saturated heterocycles. The molecular weight excluding hydrogens is 412 g/mol. The third kappa shape index (κ3) is 15.1. The number of esters is 2. The Morgan fingerprint density at radius 3 is 1.42 bits per heavy atom. The first-order valence-electron chi connectivity index (χ1n) is 13.9. The lowest BCUT2D eigenvalue weighted by Gasteiger charge is -2.27. The topological polar surface area (TPSA) is 52.6 Å². The minimum atomic E-state index is -1.15. The second kappa shape index (κ2) is 22.3. The summed E-state index contributed by atoms with van der Waals surface area (Å²) in [5.74, 6) is 5.46. The summed E-state index contributed by atoms with van der Waals surface area (Å²) in [6.07, 6.45) is 18.9. The Balaban J connectivity index is 4.05. The van der Waals surface area contributed by atoms with E-state index in [4.69, 9.17) is 9.47 Å². The number of hydrogen-bond donors (Lipinski definition) is 0. The molecule has 0 saturated carbocycles. The van der Waals surface area contributed by atoms with Crippen molar-refractivity contribution >= 4 is 11.9 Å². The average Bonchev–Trinajstić information content (AvgIpc) is 2.82. The molecule has 0 fully saturated rings. The fourth-order valence-electron chi connectivity index (χ4n) is 3.99. The molecule has 0 N–H and O–H groups in total. The van der Waals surface area contributed by atoms with E-state index in [0.717, 1.165) is 44.9 Å². The minimum Gasteiger partial charge on any atom is -0.465 e. The maximum Gasteiger partial charge on any atom is 0.323 e. The molecule has 0 spiro atoms. The zero-order valence-electron chi connectivity index (χ0n) is 22.3. The number of hydrogen-bond acceptors (Lipinski definition) is 4. The van der Waals surface area contributed by atoms with E-state index in [2.05, 4.69) is 25.7 Å². The number of carbonyl (C=O) groups is 2. The normalized spacial score (nSPS) is 11.0. The van der Waals surface area contributed by atoms with E-state index in [9.17, 15) is 9.59 Å². The van der Waals surface area contributed by atoms with Crippen LogP contribution in [0.25, 0.3) is 0 Å². The van der Waals surface area contributed by atoms with Gasteiger partial charge in [-0.25, -0.2) is 0 Å². The molecule has 0 radical (unpaired) electrons. The van der Waals surface area contributed by atoms with Gasteiger partial charge in [0.25, 0.3) is 0 Å². The van der Waals surface area contributed by atoms with Gasteiger partial charge in [0, 0.05) is 12.8 Å². The van der Waals surface area contributed by atoms with Crippen LogP contribution in [0.4, 0.5) is 0 Å². The maximum atomic E-state index is 12.8. The van der Waals surface area contributed by atoms with Crippen molar-refractivity contribution < 1.29 is 19.1 Å². The Labute approximate surface area is 205 Å². The highest BCUT2D eigenvalue weighted by molar-refractivity contribution is 5.99. The molecular formula is C29H52O4. The van der Waals surface area contributed by atoms with E-state index in [1.165, 1.54) is 57.8 Å². The SMILES string of the molecule is CCC#CCCCCCCCCOC(=O)C(CC)(CC)C(=O)OCCCCCCCCCC. The molecule has 0 aromatic heterocycles. The van der Waals surface area contributed by atoms with Crippen molar-refractivity contribution in [3.63, 3.8) is 0 Å². The molecule has 0 aromatic rings. The molecule has 4 nitrogen and oxygen atoms in total. The van der Waals surface area contributed by atoms with Crippen LogP contribution in [0.3, 0.4) is 0 Å². The van der Waals surface area contributed by atoms with Crippen LogP contribution < -0.4 is 0 Å². The third-order valence-electron chi connectivity index (χ3n) is 6.45. The molecule has 0 aliphatic heterocycles. The zero-order chi connectivity index (χ0) is 24.6. The zero-order valence-corrected chi connectivity index (χ0v) is 22.3. The average molecular weight is 465 g/mol. The Bertz CT molecular complexity index is 540. The standard InChI is InChI=1S/C29H52O4/c1-5-9-11-13-15-17-18-20-22-24-26-33-28(31)29(7-3,8-4)27(30)32-25-23-21-19-16-14-12-10-6-2/h5-8,10,12-26H2,1-4H3. The highest BCUT2D eigenvalue weighted by atomic mass is 16.6. The van der Waals surface area contributed by atoms with Gasteiger partial charge >= 0.3 is 11.9 Å². The molecule has 0 rings (SSSR count). The van der Waals surface area contributed by atoms with Crippen molar-refractivity contribution in [2.24, 2.45) is 5.41 Å². The van der Waals surface area contributed by atoms with Crippen molar-refractivity contribution in [2.75, 3.05) is 13.2 Å². The van der Waals surface area contributed by atoms with Gasteiger partial charge in [0.15, 0.2) is 5.41 Å². The van der Waals surface area contributed by atoms with Crippen LogP contribution in [0, 0.1) is 17.3 Å². The number of carbonyl (C=O) groups excluding carboxylic acids is 2. The monoisotopic (exact) mass is 464 g/mol. The second-order valence-electron chi connectivity index (χ2n) is 9.11. The van der Waals surface area contributed by atoms with Gasteiger partial charge in [-0.05, 0) is 32.1 Å². The smallest absolute Gasteiger partial charge is 0.323 e. The van der Waals surface area contributed by atoms with Crippen molar-refractivity contribution in [1.29, 1.82) is 0 Å². The largest absolute Gasteiger partial charge is 0.465 e. The molecule has 0 amide bonds. The van der Waals surface area contributed by atoms with Gasteiger partial charge < -0.3 is 9.47 Å². The fourth-order valence-corrected chi connectivity index (χ4v) is 3.99. The van der Waals surface area contributed by atoms with Crippen molar-refractivity contribution in [1.82, 2.24) is 0 Å². The number of unbranched alkanes of at least 4 members (excludes halogenated alkanes) is 13. The summed E-state index contributed by atoms with van der Waals surface area (Å²) >= 11 is 0. The number of rotatable bonds is 21. The van der Waals surface area contributed by atoms with Crippen LogP contribution >= 0.6 is 0 Å². The van der Waals surface area contributed by atoms with Crippen LogP contribution in [0.5, 0.6) is 0 Å². The first-order chi connectivity index (χ1) is 16.1. The Kier molecular flexibility index (Phi) is 21.3. The van der Waals surface area contributed by atoms with E-state index < -0.39 is 17.4 Å². The molecule has 4 heteroatoms. The second-order valence-corrected chi connectivity index (χ2v) is 9.11. The van der Waals surface area contributed by atoms with Crippen molar-refractivity contribution in [2.45, 2.75) is 143 Å². The summed E-state index contributed by atoms with van der Waals surface area (Å²) in [4.78, 5) is 25.5. The van der Waals surface area contributed by atoms with Crippen molar-refractivity contribution in [3.05, 3.63) is 0 Å². The van der Waals surface area contributed by atoms with Crippen LogP contribution in [-0.2, 0) is 19.1 Å². The first-order valence-corrected chi connectivity index (χ1v) is 13.9. The van der Waals surface area contributed by atoms with E-state index in [1.54, 1.807) is 0 Å². The summed E-state index contributed by atoms with van der Waals surface area (Å²) < 4.78 is 11.0. The van der Waals surface area contributed by atoms with Gasteiger partial charge in [-0.3, -0.25) is 9.59 Å². The van der Waals surface area contributed by atoms with E-state index in [-0.39, 0.29) is 0 Å². The highest BCUT2D eigenvalue weighted by Crippen LogP contribution is 2.30. The molecule has 0 unspecified atom stereocenters. The Hall–Kier alpha value is -1.50. The maximum absolute atomic E-state index is 12.8. The summed E-state index contributed by atoms with van der Waals surface area (Å²) in [5, 5.41) is 0. The fraction of sp³-hybridized carbons (Fsp3) is 0.862. The van der Waals surface area contributed by atoms with Gasteiger partial charge in [-0.2, -0.15) is 0 Å². The molecule has 0 aromatic carbocycles. The van der Waals surface area contributed by atoms with Crippen LogP contribution in [-0.4, -0.2) is 25.2 Å². The lowest BCUT2D eigenvalue weighted by molar-refractivity contribution is -0.173. The molecule has 0 bridgehead atoms. The Morgan fingerprint density at radius 2 is 1.00 bits per heavy atom. The van der Waals surface area contributed by atoms with Gasteiger partial charge in [0.1, 0.15) is 0 Å². The molecule has 0 heterocycles. The summed E-state index contributed by atoms with van der Waals surface area (Å²) in [6, 6.07) is 0. The summed E-state index contributed by atoms with van der Waals surface area (Å²) in [7, 11) is 0. The predicted octanol–water partition coefficient (Wildman–Crippen LogP) is 8.16. The van der Waals surface area contributed by atoms with Gasteiger partial charge in [-0.15, -0.1) is 11.8 Å². The highest BCUT2D eigenvalue weighted by Gasteiger charge is 2.45. The van der Waals surface area contributed by atoms with Crippen LogP contribution in [0.15, 0.2) is 0 Å². The summed E-state index contributed by atoms with van der Waals surface area (Å²) in [6.45, 7) is 8.82. The Morgan fingerprint density at radius 1 is 0.576 bits per heavy atom. The van der Waals surface area contributed by atoms with E-state index >= 15 is 0 Å². The first kappa shape index (κ1) is 31.5. The van der Waals surface area contributed by atoms with Crippen LogP contribution in [0.1, 0.15) is 143 Å². The van der Waals surface area contributed by atoms with Gasteiger partial charge in [0.2, 0.25) is 0 Å². The molecule has 0 aliphatic rings. The number of ether oxygens (including phenoxy) is 2. The molecule has 0 atom stereocenters. The predicted molar refractivity (Wildman–Crippen MR) is 138 cm³/mol. The third-order valence-corrected chi connectivity index (χ3v) is 6.45. The lowest BCUT2D eigenvalue weighted by atomic mass is 9.82. The molecule has 0 aliphatic carbocycles. The van der Waals surface area contributed by atoms with E-state index in [1.807, 2.05) is 13.8 Å².